The number of nitrogens with one attached hydrogen (secondary N) is 1. The zero-order valence-corrected chi connectivity index (χ0v) is 7.49. The minimum Gasteiger partial charge on any atom is -0.313 e. The number of nitrogens with zero attached hydrogens (tertiary/aromatic N) is 1. The maximum absolute atomic E-state index is 11.7. The lowest BCUT2D eigenvalue weighted by atomic mass is 10.1. The van der Waals surface area contributed by atoms with Gasteiger partial charge in [0.25, 0.3) is 0 Å². The van der Waals surface area contributed by atoms with E-state index in [1.165, 1.54) is 0 Å². The highest BCUT2D eigenvalue weighted by Crippen LogP contribution is 2.18. The first-order valence-corrected chi connectivity index (χ1v) is 4.16. The molecule has 0 heterocycles. The molecule has 0 saturated carbocycles. The van der Waals surface area contributed by atoms with Crippen molar-refractivity contribution in [1.29, 1.82) is 5.26 Å². The van der Waals surface area contributed by atoms with Gasteiger partial charge in [0.05, 0.1) is 18.9 Å². The van der Waals surface area contributed by atoms with Gasteiger partial charge in [0.2, 0.25) is 0 Å². The molecular formula is C8H13F3N2. The van der Waals surface area contributed by atoms with E-state index < -0.39 is 12.6 Å². The highest BCUT2D eigenvalue weighted by Gasteiger charge is 2.26. The van der Waals surface area contributed by atoms with Crippen molar-refractivity contribution in [1.82, 2.24) is 5.32 Å². The smallest absolute Gasteiger partial charge is 0.313 e. The quantitative estimate of drug-likeness (QED) is 0.728. The first kappa shape index (κ1) is 12.2. The van der Waals surface area contributed by atoms with E-state index in [0.717, 1.165) is 0 Å². The van der Waals surface area contributed by atoms with Gasteiger partial charge in [-0.1, -0.05) is 6.92 Å². The molecule has 76 valence electrons. The van der Waals surface area contributed by atoms with Crippen molar-refractivity contribution >= 4 is 0 Å². The average molecular weight is 194 g/mol. The van der Waals surface area contributed by atoms with Crippen molar-refractivity contribution in [3.63, 3.8) is 0 Å². The molecule has 0 aliphatic rings. The second kappa shape index (κ2) is 5.81. The Morgan fingerprint density at radius 2 is 2.08 bits per heavy atom. The van der Waals surface area contributed by atoms with Gasteiger partial charge in [-0.3, -0.25) is 0 Å². The molecule has 1 unspecified atom stereocenters. The van der Waals surface area contributed by atoms with Gasteiger partial charge in [0.15, 0.2) is 0 Å². The van der Waals surface area contributed by atoms with Gasteiger partial charge in [-0.25, -0.2) is 0 Å². The van der Waals surface area contributed by atoms with E-state index in [1.807, 2.05) is 13.0 Å². The number of alkyl halides is 3. The summed E-state index contributed by atoms with van der Waals surface area (Å²) in [6, 6.07) is 1.80. The van der Waals surface area contributed by atoms with Crippen LogP contribution in [0.25, 0.3) is 0 Å². The summed E-state index contributed by atoms with van der Waals surface area (Å²) in [6.45, 7) is 1.73. The van der Waals surface area contributed by atoms with E-state index in [0.29, 0.717) is 6.42 Å². The van der Waals surface area contributed by atoms with Crippen LogP contribution in [-0.4, -0.2) is 18.8 Å². The summed E-state index contributed by atoms with van der Waals surface area (Å²) in [5.74, 6) is 0. The molecule has 2 nitrogen and oxygen atoms in total. The van der Waals surface area contributed by atoms with Crippen molar-refractivity contribution in [3.05, 3.63) is 0 Å². The summed E-state index contributed by atoms with van der Waals surface area (Å²) in [5, 5.41) is 11.0. The molecule has 0 aromatic carbocycles. The largest absolute Gasteiger partial charge is 0.390 e. The maximum atomic E-state index is 11.7. The molecule has 5 heteroatoms. The lowest BCUT2D eigenvalue weighted by Gasteiger charge is -2.14. The fraction of sp³-hybridized carbons (Fsp3) is 0.875. The molecule has 0 bridgehead atoms. The Hall–Kier alpha value is -0.760. The number of halogens is 3. The first-order valence-electron chi connectivity index (χ1n) is 4.16. The predicted octanol–water partition coefficient (Wildman–Crippen LogP) is 2.22. The molecule has 0 saturated heterocycles. The van der Waals surface area contributed by atoms with Crippen molar-refractivity contribution in [3.8, 4) is 6.07 Å². The van der Waals surface area contributed by atoms with E-state index in [9.17, 15) is 13.2 Å². The first-order chi connectivity index (χ1) is 5.99. The number of hydrogen-bond donors (Lipinski definition) is 1. The fourth-order valence-electron chi connectivity index (χ4n) is 0.889. The zero-order chi connectivity index (χ0) is 10.3. The Bertz CT molecular complexity index is 171. The molecule has 0 fully saturated rings. The molecule has 0 aliphatic carbocycles. The van der Waals surface area contributed by atoms with E-state index in [2.05, 4.69) is 5.32 Å². The summed E-state index contributed by atoms with van der Waals surface area (Å²) in [5.41, 5.74) is 0. The molecule has 0 aromatic rings. The highest BCUT2D eigenvalue weighted by atomic mass is 19.4. The molecule has 1 N–H and O–H groups in total. The Kier molecular flexibility index (Phi) is 5.47. The van der Waals surface area contributed by atoms with E-state index in [1.54, 1.807) is 0 Å². The Morgan fingerprint density at radius 3 is 2.46 bits per heavy atom. The summed E-state index contributed by atoms with van der Waals surface area (Å²) in [4.78, 5) is 0. The molecule has 0 aliphatic heterocycles. The molecular weight excluding hydrogens is 181 g/mol. The van der Waals surface area contributed by atoms with E-state index in [4.69, 9.17) is 5.26 Å². The standard InChI is InChI=1S/C8H13F3N2/c1-2-7(3-5-12)13-6-4-8(9,10)11/h7,13H,2-4,6H2,1H3. The van der Waals surface area contributed by atoms with Crippen LogP contribution < -0.4 is 5.32 Å². The van der Waals surface area contributed by atoms with Crippen LogP contribution in [0.2, 0.25) is 0 Å². The number of rotatable bonds is 5. The van der Waals surface area contributed by atoms with Crippen LogP contribution in [0.1, 0.15) is 26.2 Å². The summed E-state index contributed by atoms with van der Waals surface area (Å²) < 4.78 is 35.1. The second-order valence-electron chi connectivity index (χ2n) is 2.79. The molecule has 0 rings (SSSR count). The van der Waals surface area contributed by atoms with Crippen LogP contribution in [-0.2, 0) is 0 Å². The lowest BCUT2D eigenvalue weighted by Crippen LogP contribution is -2.31. The Labute approximate surface area is 75.7 Å². The minimum absolute atomic E-state index is 0.107. The monoisotopic (exact) mass is 194 g/mol. The molecule has 0 amide bonds. The third-order valence-corrected chi connectivity index (χ3v) is 1.67. The lowest BCUT2D eigenvalue weighted by molar-refractivity contribution is -0.133. The highest BCUT2D eigenvalue weighted by molar-refractivity contribution is 4.79. The van der Waals surface area contributed by atoms with Crippen molar-refractivity contribution in [2.75, 3.05) is 6.54 Å². The van der Waals surface area contributed by atoms with Gasteiger partial charge in [-0.05, 0) is 6.42 Å². The van der Waals surface area contributed by atoms with Gasteiger partial charge in [0, 0.05) is 12.6 Å². The van der Waals surface area contributed by atoms with Crippen molar-refractivity contribution in [2.45, 2.75) is 38.4 Å². The number of nitriles is 1. The zero-order valence-electron chi connectivity index (χ0n) is 7.49. The van der Waals surface area contributed by atoms with Gasteiger partial charge in [-0.2, -0.15) is 18.4 Å². The predicted molar refractivity (Wildman–Crippen MR) is 43.0 cm³/mol. The molecule has 0 radical (unpaired) electrons. The SMILES string of the molecule is CCC(CC#N)NCCC(F)(F)F. The third kappa shape index (κ3) is 7.60. The Balaban J connectivity index is 3.56. The summed E-state index contributed by atoms with van der Waals surface area (Å²) in [6.07, 6.45) is -4.02. The molecule has 1 atom stereocenters. The average Bonchev–Trinajstić information content (AvgIpc) is 2.01. The second-order valence-corrected chi connectivity index (χ2v) is 2.79. The summed E-state index contributed by atoms with van der Waals surface area (Å²) in [7, 11) is 0. The minimum atomic E-state index is -4.11. The Morgan fingerprint density at radius 1 is 1.46 bits per heavy atom. The third-order valence-electron chi connectivity index (χ3n) is 1.67. The molecule has 0 aromatic heterocycles. The normalized spacial score (nSPS) is 13.8. The summed E-state index contributed by atoms with van der Waals surface area (Å²) >= 11 is 0. The number of hydrogen-bond acceptors (Lipinski definition) is 2. The van der Waals surface area contributed by atoms with Crippen LogP contribution in [0.4, 0.5) is 13.2 Å². The van der Waals surface area contributed by atoms with Crippen LogP contribution in [0.5, 0.6) is 0 Å². The van der Waals surface area contributed by atoms with Gasteiger partial charge in [0.1, 0.15) is 0 Å². The van der Waals surface area contributed by atoms with Crippen LogP contribution in [0, 0.1) is 11.3 Å². The van der Waals surface area contributed by atoms with E-state index >= 15 is 0 Å². The van der Waals surface area contributed by atoms with Gasteiger partial charge < -0.3 is 5.32 Å². The van der Waals surface area contributed by atoms with Crippen molar-refractivity contribution in [2.24, 2.45) is 0 Å². The topological polar surface area (TPSA) is 35.8 Å². The van der Waals surface area contributed by atoms with Crippen LogP contribution >= 0.6 is 0 Å². The molecule has 13 heavy (non-hydrogen) atoms. The van der Waals surface area contributed by atoms with Crippen molar-refractivity contribution < 1.29 is 13.2 Å². The van der Waals surface area contributed by atoms with Gasteiger partial charge >= 0.3 is 6.18 Å². The molecule has 0 spiro atoms. The van der Waals surface area contributed by atoms with E-state index in [-0.39, 0.29) is 19.0 Å². The van der Waals surface area contributed by atoms with Crippen LogP contribution in [0.15, 0.2) is 0 Å². The van der Waals surface area contributed by atoms with Crippen LogP contribution in [0.3, 0.4) is 0 Å². The maximum Gasteiger partial charge on any atom is 0.390 e. The fourth-order valence-corrected chi connectivity index (χ4v) is 0.889. The van der Waals surface area contributed by atoms with Gasteiger partial charge in [-0.15, -0.1) is 0 Å².